The predicted molar refractivity (Wildman–Crippen MR) is 58.2 cm³/mol. The van der Waals surface area contributed by atoms with Gasteiger partial charge in [-0.3, -0.25) is 4.79 Å². The normalized spacial score (nSPS) is 23.5. The highest BCUT2D eigenvalue weighted by atomic mass is 16.2. The van der Waals surface area contributed by atoms with Crippen molar-refractivity contribution in [2.24, 2.45) is 0 Å². The number of nitrogens with one attached hydrogen (secondary N) is 1. The molecular formula is C11H22N2O. The molecule has 2 atom stereocenters. The zero-order chi connectivity index (χ0) is 10.6. The molecule has 2 unspecified atom stereocenters. The first kappa shape index (κ1) is 11.5. The third-order valence-electron chi connectivity index (χ3n) is 3.11. The van der Waals surface area contributed by atoms with Crippen LogP contribution in [0.4, 0.5) is 0 Å². The van der Waals surface area contributed by atoms with Crippen LogP contribution < -0.4 is 5.32 Å². The largest absolute Gasteiger partial charge is 0.339 e. The van der Waals surface area contributed by atoms with E-state index in [1.54, 1.807) is 0 Å². The average molecular weight is 198 g/mol. The molecule has 1 saturated heterocycles. The van der Waals surface area contributed by atoms with Gasteiger partial charge in [-0.15, -0.1) is 0 Å². The van der Waals surface area contributed by atoms with Gasteiger partial charge < -0.3 is 10.2 Å². The summed E-state index contributed by atoms with van der Waals surface area (Å²) in [6.07, 6.45) is 3.17. The van der Waals surface area contributed by atoms with Gasteiger partial charge in [0.2, 0.25) is 5.91 Å². The van der Waals surface area contributed by atoms with E-state index < -0.39 is 0 Å². The molecule has 14 heavy (non-hydrogen) atoms. The molecule has 82 valence electrons. The molecule has 1 N–H and O–H groups in total. The number of rotatable bonds is 4. The first-order chi connectivity index (χ1) is 6.70. The number of likely N-dealkylation sites (N-methyl/N-ethyl adjacent to an activating group) is 1. The van der Waals surface area contributed by atoms with Gasteiger partial charge in [-0.1, -0.05) is 6.92 Å². The summed E-state index contributed by atoms with van der Waals surface area (Å²) in [6, 6.07) is 0.457. The number of hydrogen-bond donors (Lipinski definition) is 1. The second kappa shape index (κ2) is 5.35. The third kappa shape index (κ3) is 2.47. The molecule has 0 aromatic carbocycles. The molecule has 0 saturated carbocycles. The summed E-state index contributed by atoms with van der Waals surface area (Å²) in [5.41, 5.74) is 0. The highest BCUT2D eigenvalue weighted by Crippen LogP contribution is 2.12. The van der Waals surface area contributed by atoms with Gasteiger partial charge in [-0.25, -0.2) is 0 Å². The van der Waals surface area contributed by atoms with Crippen molar-refractivity contribution in [1.29, 1.82) is 0 Å². The Hall–Kier alpha value is -0.570. The van der Waals surface area contributed by atoms with Crippen molar-refractivity contribution in [2.45, 2.75) is 52.1 Å². The first-order valence-corrected chi connectivity index (χ1v) is 5.74. The quantitative estimate of drug-likeness (QED) is 0.740. The molecule has 3 nitrogen and oxygen atoms in total. The van der Waals surface area contributed by atoms with Crippen LogP contribution in [0, 0.1) is 0 Å². The minimum atomic E-state index is 0.0870. The van der Waals surface area contributed by atoms with Gasteiger partial charge in [0.15, 0.2) is 0 Å². The Morgan fingerprint density at radius 2 is 2.29 bits per heavy atom. The van der Waals surface area contributed by atoms with E-state index in [-0.39, 0.29) is 6.04 Å². The maximum atomic E-state index is 12.0. The SMILES string of the molecule is CCC(C)N(CC)C(=O)C1CCCN1. The van der Waals surface area contributed by atoms with Gasteiger partial charge in [0, 0.05) is 12.6 Å². The number of hydrogen-bond acceptors (Lipinski definition) is 2. The average Bonchev–Trinajstić information content (AvgIpc) is 2.71. The van der Waals surface area contributed by atoms with Crippen molar-refractivity contribution in [3.8, 4) is 0 Å². The molecule has 1 amide bonds. The second-order valence-electron chi connectivity index (χ2n) is 4.03. The van der Waals surface area contributed by atoms with E-state index in [0.29, 0.717) is 11.9 Å². The zero-order valence-corrected chi connectivity index (χ0v) is 9.55. The second-order valence-corrected chi connectivity index (χ2v) is 4.03. The van der Waals surface area contributed by atoms with Crippen LogP contribution in [0.25, 0.3) is 0 Å². The van der Waals surface area contributed by atoms with Crippen LogP contribution in [-0.4, -0.2) is 36.0 Å². The monoisotopic (exact) mass is 198 g/mol. The van der Waals surface area contributed by atoms with Crippen molar-refractivity contribution < 1.29 is 4.79 Å². The summed E-state index contributed by atoms with van der Waals surface area (Å²) in [7, 11) is 0. The third-order valence-corrected chi connectivity index (χ3v) is 3.11. The fourth-order valence-electron chi connectivity index (χ4n) is 2.00. The van der Waals surface area contributed by atoms with Crippen LogP contribution in [0.15, 0.2) is 0 Å². The molecular weight excluding hydrogens is 176 g/mol. The summed E-state index contributed by atoms with van der Waals surface area (Å²) in [5.74, 6) is 0.291. The molecule has 0 spiro atoms. The topological polar surface area (TPSA) is 32.3 Å². The van der Waals surface area contributed by atoms with Crippen LogP contribution in [0.1, 0.15) is 40.0 Å². The minimum Gasteiger partial charge on any atom is -0.339 e. The minimum absolute atomic E-state index is 0.0870. The van der Waals surface area contributed by atoms with Crippen molar-refractivity contribution >= 4 is 5.91 Å². The summed E-state index contributed by atoms with van der Waals surface area (Å²) < 4.78 is 0. The van der Waals surface area contributed by atoms with Gasteiger partial charge in [0.1, 0.15) is 0 Å². The molecule has 1 heterocycles. The van der Waals surface area contributed by atoms with Gasteiger partial charge in [-0.05, 0) is 39.7 Å². The number of carbonyl (C=O) groups excluding carboxylic acids is 1. The first-order valence-electron chi connectivity index (χ1n) is 5.74. The van der Waals surface area contributed by atoms with E-state index in [0.717, 1.165) is 32.4 Å². The van der Waals surface area contributed by atoms with E-state index in [9.17, 15) is 4.79 Å². The molecule has 0 aromatic rings. The molecule has 1 aliphatic rings. The Balaban J connectivity index is 2.54. The van der Waals surface area contributed by atoms with Gasteiger partial charge in [0.25, 0.3) is 0 Å². The fraction of sp³-hybridized carbons (Fsp3) is 0.909. The lowest BCUT2D eigenvalue weighted by Gasteiger charge is -2.29. The Morgan fingerprint density at radius 3 is 2.71 bits per heavy atom. The van der Waals surface area contributed by atoms with E-state index in [1.165, 1.54) is 0 Å². The van der Waals surface area contributed by atoms with Crippen LogP contribution in [0.3, 0.4) is 0 Å². The molecule has 0 aliphatic carbocycles. The van der Waals surface area contributed by atoms with Crippen LogP contribution >= 0.6 is 0 Å². The number of amides is 1. The maximum absolute atomic E-state index is 12.0. The highest BCUT2D eigenvalue weighted by molar-refractivity contribution is 5.82. The molecule has 1 rings (SSSR count). The lowest BCUT2D eigenvalue weighted by Crippen LogP contribution is -2.47. The fourth-order valence-corrected chi connectivity index (χ4v) is 2.00. The van der Waals surface area contributed by atoms with Crippen molar-refractivity contribution in [3.63, 3.8) is 0 Å². The smallest absolute Gasteiger partial charge is 0.239 e. The van der Waals surface area contributed by atoms with Crippen LogP contribution in [0.5, 0.6) is 0 Å². The van der Waals surface area contributed by atoms with E-state index >= 15 is 0 Å². The summed E-state index contributed by atoms with van der Waals surface area (Å²) in [5, 5.41) is 3.26. The van der Waals surface area contributed by atoms with Crippen molar-refractivity contribution in [2.75, 3.05) is 13.1 Å². The maximum Gasteiger partial charge on any atom is 0.239 e. The Kier molecular flexibility index (Phi) is 4.39. The Bertz CT molecular complexity index is 188. The van der Waals surface area contributed by atoms with E-state index in [2.05, 4.69) is 26.1 Å². The van der Waals surface area contributed by atoms with E-state index in [1.807, 2.05) is 4.90 Å². The number of nitrogens with zero attached hydrogens (tertiary/aromatic N) is 1. The lowest BCUT2D eigenvalue weighted by molar-refractivity contribution is -0.134. The summed E-state index contributed by atoms with van der Waals surface area (Å²) in [4.78, 5) is 14.0. The van der Waals surface area contributed by atoms with Crippen LogP contribution in [0.2, 0.25) is 0 Å². The Morgan fingerprint density at radius 1 is 1.57 bits per heavy atom. The summed E-state index contributed by atoms with van der Waals surface area (Å²) >= 11 is 0. The van der Waals surface area contributed by atoms with Crippen molar-refractivity contribution in [1.82, 2.24) is 10.2 Å². The van der Waals surface area contributed by atoms with Gasteiger partial charge in [0.05, 0.1) is 6.04 Å². The highest BCUT2D eigenvalue weighted by Gasteiger charge is 2.27. The molecule has 1 aliphatic heterocycles. The van der Waals surface area contributed by atoms with Gasteiger partial charge in [-0.2, -0.15) is 0 Å². The predicted octanol–water partition coefficient (Wildman–Crippen LogP) is 1.39. The van der Waals surface area contributed by atoms with Crippen LogP contribution in [-0.2, 0) is 4.79 Å². The Labute approximate surface area is 86.9 Å². The van der Waals surface area contributed by atoms with Gasteiger partial charge >= 0.3 is 0 Å². The molecule has 1 fully saturated rings. The standard InChI is InChI=1S/C11H22N2O/c1-4-9(3)13(5-2)11(14)10-7-6-8-12-10/h9-10,12H,4-8H2,1-3H3. The molecule has 0 aromatic heterocycles. The molecule has 0 radical (unpaired) electrons. The summed E-state index contributed by atoms with van der Waals surface area (Å²) in [6.45, 7) is 8.12. The zero-order valence-electron chi connectivity index (χ0n) is 9.55. The molecule has 3 heteroatoms. The lowest BCUT2D eigenvalue weighted by atomic mass is 10.1. The molecule has 0 bridgehead atoms. The van der Waals surface area contributed by atoms with Crippen molar-refractivity contribution in [3.05, 3.63) is 0 Å². The van der Waals surface area contributed by atoms with E-state index in [4.69, 9.17) is 0 Å². The number of carbonyl (C=O) groups is 1.